The molecule has 2 heterocycles. The number of ether oxygens (including phenoxy) is 1. The van der Waals surface area contributed by atoms with Gasteiger partial charge in [0.2, 0.25) is 10.0 Å². The number of nitrogens with one attached hydrogen (secondary N) is 1. The molecule has 0 amide bonds. The fraction of sp³-hybridized carbons (Fsp3) is 0.235. The summed E-state index contributed by atoms with van der Waals surface area (Å²) >= 11 is 0. The Labute approximate surface area is 151 Å². The molecule has 0 saturated heterocycles. The smallest absolute Gasteiger partial charge is 0.209 e. The zero-order valence-electron chi connectivity index (χ0n) is 14.6. The van der Waals surface area contributed by atoms with Gasteiger partial charge in [0, 0.05) is 18.0 Å². The number of nitrogens with zero attached hydrogens (tertiary/aromatic N) is 4. The molecule has 1 aromatic carbocycles. The molecule has 9 heteroatoms. The van der Waals surface area contributed by atoms with Crippen LogP contribution in [0, 0.1) is 0 Å². The third-order valence-corrected chi connectivity index (χ3v) is 4.44. The molecule has 1 atom stereocenters. The monoisotopic (exact) mass is 373 g/mol. The van der Waals surface area contributed by atoms with Crippen LogP contribution < -0.4 is 9.46 Å². The number of benzene rings is 1. The van der Waals surface area contributed by atoms with Crippen molar-refractivity contribution in [3.63, 3.8) is 0 Å². The standard InChI is InChI=1S/C17H19N5O3S/c1-12(21-26(3,23)24)17-19-16(13-8-10-18-11-9-13)20-22(17)14-6-4-5-7-15(14)25-2/h4-12,21H,1-3H3/t12-/m0/s1. The SMILES string of the molecule is COc1ccccc1-n1nc(-c2ccncc2)nc1[C@H](C)NS(C)(=O)=O. The second-order valence-electron chi connectivity index (χ2n) is 5.72. The first-order valence-electron chi connectivity index (χ1n) is 7.87. The summed E-state index contributed by atoms with van der Waals surface area (Å²) in [5.74, 6) is 1.52. The van der Waals surface area contributed by atoms with Gasteiger partial charge in [0.15, 0.2) is 11.6 Å². The Morgan fingerprint density at radius 2 is 1.85 bits per heavy atom. The Bertz CT molecular complexity index is 1000. The number of methoxy groups -OCH3 is 1. The summed E-state index contributed by atoms with van der Waals surface area (Å²) in [7, 11) is -1.85. The topological polar surface area (TPSA) is 99.0 Å². The summed E-state index contributed by atoms with van der Waals surface area (Å²) in [5.41, 5.74) is 1.45. The summed E-state index contributed by atoms with van der Waals surface area (Å²) in [4.78, 5) is 8.55. The van der Waals surface area contributed by atoms with Crippen LogP contribution in [0.3, 0.4) is 0 Å². The molecule has 0 aliphatic rings. The van der Waals surface area contributed by atoms with Crippen molar-refractivity contribution >= 4 is 10.0 Å². The lowest BCUT2D eigenvalue weighted by Gasteiger charge is -2.14. The normalized spacial score (nSPS) is 12.7. The summed E-state index contributed by atoms with van der Waals surface area (Å²) in [6.07, 6.45) is 4.41. The summed E-state index contributed by atoms with van der Waals surface area (Å²) in [6, 6.07) is 10.3. The molecule has 8 nitrogen and oxygen atoms in total. The molecule has 0 radical (unpaired) electrons. The molecule has 0 aliphatic carbocycles. The number of pyridine rings is 1. The van der Waals surface area contributed by atoms with E-state index in [0.29, 0.717) is 23.1 Å². The highest BCUT2D eigenvalue weighted by Crippen LogP contribution is 2.27. The number of sulfonamides is 1. The van der Waals surface area contributed by atoms with Crippen LogP contribution in [0.15, 0.2) is 48.8 Å². The van der Waals surface area contributed by atoms with E-state index in [4.69, 9.17) is 4.74 Å². The van der Waals surface area contributed by atoms with Gasteiger partial charge in [0.25, 0.3) is 0 Å². The molecule has 0 bridgehead atoms. The van der Waals surface area contributed by atoms with E-state index in [1.165, 1.54) is 0 Å². The molecule has 0 aliphatic heterocycles. The fourth-order valence-electron chi connectivity index (χ4n) is 2.58. The third-order valence-electron chi connectivity index (χ3n) is 3.66. The molecule has 3 rings (SSSR count). The molecule has 2 aromatic heterocycles. The molecule has 1 N–H and O–H groups in total. The Morgan fingerprint density at radius 1 is 1.15 bits per heavy atom. The maximum Gasteiger partial charge on any atom is 0.209 e. The summed E-state index contributed by atoms with van der Waals surface area (Å²) in [6.45, 7) is 1.72. The van der Waals surface area contributed by atoms with E-state index in [-0.39, 0.29) is 0 Å². The fourth-order valence-corrected chi connectivity index (χ4v) is 3.33. The summed E-state index contributed by atoms with van der Waals surface area (Å²) < 4.78 is 32.9. The Hall–Kier alpha value is -2.78. The van der Waals surface area contributed by atoms with Crippen molar-refractivity contribution in [3.05, 3.63) is 54.6 Å². The van der Waals surface area contributed by atoms with E-state index >= 15 is 0 Å². The van der Waals surface area contributed by atoms with E-state index in [9.17, 15) is 8.42 Å². The second kappa shape index (κ2) is 7.22. The Kier molecular flexibility index (Phi) is 5.01. The number of para-hydroxylation sites is 2. The number of rotatable bonds is 6. The highest BCUT2D eigenvalue weighted by Gasteiger charge is 2.22. The first kappa shape index (κ1) is 18.0. The number of hydrogen-bond donors (Lipinski definition) is 1. The molecule has 0 saturated carbocycles. The van der Waals surface area contributed by atoms with Crippen LogP contribution in [-0.2, 0) is 10.0 Å². The molecule has 0 unspecified atom stereocenters. The Morgan fingerprint density at radius 3 is 2.50 bits per heavy atom. The van der Waals surface area contributed by atoms with Gasteiger partial charge in [-0.15, -0.1) is 5.10 Å². The van der Waals surface area contributed by atoms with Gasteiger partial charge in [-0.25, -0.2) is 22.8 Å². The first-order chi connectivity index (χ1) is 12.4. The maximum atomic E-state index is 11.7. The van der Waals surface area contributed by atoms with Gasteiger partial charge in [-0.05, 0) is 31.2 Å². The van der Waals surface area contributed by atoms with Crippen LogP contribution in [0.5, 0.6) is 5.75 Å². The molecule has 136 valence electrons. The van der Waals surface area contributed by atoms with Crippen molar-refractivity contribution in [2.45, 2.75) is 13.0 Å². The minimum atomic E-state index is -3.41. The van der Waals surface area contributed by atoms with Crippen molar-refractivity contribution in [3.8, 4) is 22.8 Å². The average Bonchev–Trinajstić information content (AvgIpc) is 3.06. The van der Waals surface area contributed by atoms with Crippen molar-refractivity contribution < 1.29 is 13.2 Å². The zero-order valence-corrected chi connectivity index (χ0v) is 15.4. The van der Waals surface area contributed by atoms with Gasteiger partial charge < -0.3 is 4.74 Å². The van der Waals surface area contributed by atoms with Gasteiger partial charge in [0.1, 0.15) is 11.4 Å². The van der Waals surface area contributed by atoms with Gasteiger partial charge in [-0.2, -0.15) is 0 Å². The van der Waals surface area contributed by atoms with Gasteiger partial charge in [0.05, 0.1) is 19.4 Å². The van der Waals surface area contributed by atoms with Crippen LogP contribution in [0.2, 0.25) is 0 Å². The minimum absolute atomic E-state index is 0.451. The van der Waals surface area contributed by atoms with E-state index in [0.717, 1.165) is 11.8 Å². The lowest BCUT2D eigenvalue weighted by Crippen LogP contribution is -2.27. The maximum absolute atomic E-state index is 11.7. The lowest BCUT2D eigenvalue weighted by atomic mass is 10.2. The number of hydrogen-bond acceptors (Lipinski definition) is 6. The predicted molar refractivity (Wildman–Crippen MR) is 97.5 cm³/mol. The largest absolute Gasteiger partial charge is 0.494 e. The van der Waals surface area contributed by atoms with Crippen molar-refractivity contribution in [2.75, 3.05) is 13.4 Å². The van der Waals surface area contributed by atoms with Crippen LogP contribution in [0.1, 0.15) is 18.8 Å². The van der Waals surface area contributed by atoms with E-state index in [1.807, 2.05) is 24.3 Å². The van der Waals surface area contributed by atoms with E-state index in [2.05, 4.69) is 19.8 Å². The summed E-state index contributed by atoms with van der Waals surface area (Å²) in [5, 5.41) is 4.57. The van der Waals surface area contributed by atoms with Gasteiger partial charge in [-0.1, -0.05) is 12.1 Å². The van der Waals surface area contributed by atoms with Crippen molar-refractivity contribution in [1.29, 1.82) is 0 Å². The predicted octanol–water partition coefficient (Wildman–Crippen LogP) is 1.95. The minimum Gasteiger partial charge on any atom is -0.494 e. The first-order valence-corrected chi connectivity index (χ1v) is 9.76. The third kappa shape index (κ3) is 3.89. The molecule has 3 aromatic rings. The Balaban J connectivity index is 2.16. The molecular weight excluding hydrogens is 354 g/mol. The van der Waals surface area contributed by atoms with Crippen LogP contribution in [-0.4, -0.2) is 41.5 Å². The van der Waals surface area contributed by atoms with Crippen molar-refractivity contribution in [2.24, 2.45) is 0 Å². The van der Waals surface area contributed by atoms with Gasteiger partial charge >= 0.3 is 0 Å². The highest BCUT2D eigenvalue weighted by molar-refractivity contribution is 7.88. The lowest BCUT2D eigenvalue weighted by molar-refractivity contribution is 0.410. The van der Waals surface area contributed by atoms with E-state index in [1.54, 1.807) is 43.2 Å². The average molecular weight is 373 g/mol. The highest BCUT2D eigenvalue weighted by atomic mass is 32.2. The quantitative estimate of drug-likeness (QED) is 0.709. The van der Waals surface area contributed by atoms with E-state index < -0.39 is 16.1 Å². The van der Waals surface area contributed by atoms with Gasteiger partial charge in [-0.3, -0.25) is 4.98 Å². The molecular formula is C17H19N5O3S. The van der Waals surface area contributed by atoms with Crippen LogP contribution in [0.4, 0.5) is 0 Å². The zero-order chi connectivity index (χ0) is 18.7. The molecule has 0 spiro atoms. The van der Waals surface area contributed by atoms with Crippen LogP contribution in [0.25, 0.3) is 17.1 Å². The number of aromatic nitrogens is 4. The van der Waals surface area contributed by atoms with Crippen LogP contribution >= 0.6 is 0 Å². The second-order valence-corrected chi connectivity index (χ2v) is 7.50. The van der Waals surface area contributed by atoms with Crippen molar-refractivity contribution in [1.82, 2.24) is 24.5 Å². The molecule has 0 fully saturated rings. The molecule has 26 heavy (non-hydrogen) atoms.